The molecule has 0 aliphatic carbocycles. The van der Waals surface area contributed by atoms with Crippen LogP contribution < -0.4 is 10.6 Å². The van der Waals surface area contributed by atoms with E-state index in [4.69, 9.17) is 9.84 Å². The molecular weight excluding hydrogens is 194 g/mol. The molecule has 1 heterocycles. The van der Waals surface area contributed by atoms with Crippen molar-refractivity contribution in [1.82, 2.24) is 0 Å². The van der Waals surface area contributed by atoms with Crippen LogP contribution in [-0.2, 0) is 9.53 Å². The van der Waals surface area contributed by atoms with Crippen molar-refractivity contribution in [3.8, 4) is 0 Å². The minimum Gasteiger partial charge on any atom is -0.481 e. The Labute approximate surface area is 85.8 Å². The molecule has 15 heavy (non-hydrogen) atoms. The highest BCUT2D eigenvalue weighted by atomic mass is 16.5. The van der Waals surface area contributed by atoms with Crippen molar-refractivity contribution in [1.29, 1.82) is 0 Å². The third kappa shape index (κ3) is 2.22. The van der Waals surface area contributed by atoms with Gasteiger partial charge in [-0.25, -0.2) is 0 Å². The molecule has 0 atom stereocenters. The van der Waals surface area contributed by atoms with Gasteiger partial charge in [0.15, 0.2) is 0 Å². The van der Waals surface area contributed by atoms with Crippen molar-refractivity contribution >= 4 is 12.2 Å². The Morgan fingerprint density at radius 3 is 3.00 bits per heavy atom. The first kappa shape index (κ1) is 9.45. The number of aliphatic carboxylic acids is 1. The molecule has 0 spiro atoms. The summed E-state index contributed by atoms with van der Waals surface area (Å²) in [6.45, 7) is 0. The summed E-state index contributed by atoms with van der Waals surface area (Å²) in [5.74, 6) is -0.602. The first-order valence-corrected chi connectivity index (χ1v) is 4.46. The monoisotopic (exact) mass is 203 g/mol. The fourth-order valence-electron chi connectivity index (χ4n) is 1.25. The van der Waals surface area contributed by atoms with Gasteiger partial charge in [-0.2, -0.15) is 0 Å². The molecule has 4 nitrogen and oxygen atoms in total. The number of rotatable bonds is 2. The van der Waals surface area contributed by atoms with Gasteiger partial charge in [-0.15, -0.1) is 0 Å². The molecule has 0 saturated carbocycles. The standard InChI is InChI=1S/C11H9NO3/c13-11(14)5-9-6-12-10-4-2-1-3-8(10)7-15-9/h1-4,6-7H,5H2,(H,13,14). The molecule has 0 radical (unpaired) electrons. The minimum atomic E-state index is -0.934. The zero-order valence-corrected chi connectivity index (χ0v) is 7.88. The largest absolute Gasteiger partial charge is 0.481 e. The molecule has 1 aromatic rings. The van der Waals surface area contributed by atoms with Crippen molar-refractivity contribution < 1.29 is 14.6 Å². The number of ether oxygens (including phenoxy) is 1. The molecule has 76 valence electrons. The van der Waals surface area contributed by atoms with Gasteiger partial charge >= 0.3 is 5.97 Å². The third-order valence-corrected chi connectivity index (χ3v) is 1.95. The number of para-hydroxylation sites is 1. The van der Waals surface area contributed by atoms with E-state index in [0.717, 1.165) is 10.6 Å². The zero-order valence-electron chi connectivity index (χ0n) is 7.88. The average molecular weight is 203 g/mol. The summed E-state index contributed by atoms with van der Waals surface area (Å²) in [6, 6.07) is 7.44. The van der Waals surface area contributed by atoms with Crippen LogP contribution in [0.5, 0.6) is 0 Å². The number of benzene rings is 1. The van der Waals surface area contributed by atoms with Gasteiger partial charge in [0, 0.05) is 5.22 Å². The Kier molecular flexibility index (Phi) is 2.49. The number of hydrogen-bond donors (Lipinski definition) is 1. The number of hydrogen-bond acceptors (Lipinski definition) is 3. The second-order valence-electron chi connectivity index (χ2n) is 3.09. The van der Waals surface area contributed by atoms with Crippen molar-refractivity contribution in [2.45, 2.75) is 6.42 Å². The van der Waals surface area contributed by atoms with Gasteiger partial charge in [0.2, 0.25) is 0 Å². The Hall–Kier alpha value is -2.10. The Morgan fingerprint density at radius 1 is 1.40 bits per heavy atom. The van der Waals surface area contributed by atoms with E-state index in [9.17, 15) is 4.79 Å². The SMILES string of the molecule is O=C(O)CC1=CN=c2ccccc2=CO1. The van der Waals surface area contributed by atoms with Gasteiger partial charge in [0.25, 0.3) is 0 Å². The topological polar surface area (TPSA) is 58.9 Å². The summed E-state index contributed by atoms with van der Waals surface area (Å²) >= 11 is 0. The highest BCUT2D eigenvalue weighted by molar-refractivity contribution is 5.69. The van der Waals surface area contributed by atoms with E-state index >= 15 is 0 Å². The molecule has 0 amide bonds. The number of fused-ring (bicyclic) bond motifs is 1. The lowest BCUT2D eigenvalue weighted by atomic mass is 10.3. The lowest BCUT2D eigenvalue weighted by Crippen LogP contribution is -2.23. The van der Waals surface area contributed by atoms with Gasteiger partial charge in [0.05, 0.1) is 11.6 Å². The van der Waals surface area contributed by atoms with Crippen LogP contribution in [0.15, 0.2) is 41.2 Å². The fourth-order valence-corrected chi connectivity index (χ4v) is 1.25. The van der Waals surface area contributed by atoms with Crippen LogP contribution in [0.4, 0.5) is 0 Å². The van der Waals surface area contributed by atoms with E-state index < -0.39 is 5.97 Å². The molecule has 1 N–H and O–H groups in total. The van der Waals surface area contributed by atoms with Crippen LogP contribution in [0.2, 0.25) is 0 Å². The molecule has 0 unspecified atom stereocenters. The molecule has 0 aromatic heterocycles. The van der Waals surface area contributed by atoms with Crippen molar-refractivity contribution in [3.63, 3.8) is 0 Å². The van der Waals surface area contributed by atoms with Gasteiger partial charge in [-0.3, -0.25) is 9.79 Å². The number of nitrogens with zero attached hydrogens (tertiary/aromatic N) is 1. The van der Waals surface area contributed by atoms with E-state index in [0.29, 0.717) is 5.76 Å². The first-order chi connectivity index (χ1) is 7.25. The summed E-state index contributed by atoms with van der Waals surface area (Å²) in [7, 11) is 0. The predicted molar refractivity (Wildman–Crippen MR) is 53.1 cm³/mol. The fraction of sp³-hybridized carbons (Fsp3) is 0.0909. The molecular formula is C11H9NO3. The third-order valence-electron chi connectivity index (χ3n) is 1.95. The summed E-state index contributed by atoms with van der Waals surface area (Å²) in [6.07, 6.45) is 2.80. The molecule has 4 heteroatoms. The predicted octanol–water partition coefficient (Wildman–Crippen LogP) is 0.391. The molecule has 0 fully saturated rings. The second kappa shape index (κ2) is 3.96. The van der Waals surface area contributed by atoms with Crippen LogP contribution in [0.25, 0.3) is 6.26 Å². The molecule has 0 saturated heterocycles. The first-order valence-electron chi connectivity index (χ1n) is 4.46. The second-order valence-corrected chi connectivity index (χ2v) is 3.09. The Bertz CT molecular complexity index is 531. The van der Waals surface area contributed by atoms with Crippen LogP contribution in [0.1, 0.15) is 6.42 Å². The zero-order chi connectivity index (χ0) is 10.7. The Morgan fingerprint density at radius 2 is 2.20 bits per heavy atom. The maximum absolute atomic E-state index is 10.5. The van der Waals surface area contributed by atoms with E-state index in [1.54, 1.807) is 0 Å². The molecule has 0 bridgehead atoms. The maximum Gasteiger partial charge on any atom is 0.311 e. The van der Waals surface area contributed by atoms with Crippen molar-refractivity contribution in [2.75, 3.05) is 0 Å². The van der Waals surface area contributed by atoms with E-state index in [1.165, 1.54) is 12.5 Å². The number of carboxylic acid groups (broad SMARTS) is 1. The quantitative estimate of drug-likeness (QED) is 0.756. The van der Waals surface area contributed by atoms with Crippen molar-refractivity contribution in [3.05, 3.63) is 46.8 Å². The van der Waals surface area contributed by atoms with Crippen LogP contribution in [0.3, 0.4) is 0 Å². The highest BCUT2D eigenvalue weighted by Gasteiger charge is 2.05. The van der Waals surface area contributed by atoms with Gasteiger partial charge < -0.3 is 9.84 Å². The smallest absolute Gasteiger partial charge is 0.311 e. The van der Waals surface area contributed by atoms with Gasteiger partial charge in [-0.1, -0.05) is 12.1 Å². The molecule has 1 aliphatic rings. The van der Waals surface area contributed by atoms with Crippen LogP contribution in [-0.4, -0.2) is 11.1 Å². The maximum atomic E-state index is 10.5. The lowest BCUT2D eigenvalue weighted by molar-refractivity contribution is -0.136. The summed E-state index contributed by atoms with van der Waals surface area (Å²) in [4.78, 5) is 14.6. The van der Waals surface area contributed by atoms with Crippen molar-refractivity contribution in [2.24, 2.45) is 4.99 Å². The van der Waals surface area contributed by atoms with Crippen LogP contribution in [0, 0.1) is 0 Å². The summed E-state index contributed by atoms with van der Waals surface area (Å²) in [5, 5.41) is 10.2. The average Bonchev–Trinajstić information content (AvgIpc) is 2.41. The molecule has 1 aliphatic heterocycles. The van der Waals surface area contributed by atoms with Crippen LogP contribution >= 0.6 is 0 Å². The normalized spacial score (nSPS) is 13.5. The lowest BCUT2D eigenvalue weighted by Gasteiger charge is -1.99. The number of carboxylic acids is 1. The molecule has 1 aromatic carbocycles. The number of carbonyl (C=O) groups is 1. The van der Waals surface area contributed by atoms with Gasteiger partial charge in [0.1, 0.15) is 18.4 Å². The minimum absolute atomic E-state index is 0.159. The highest BCUT2D eigenvalue weighted by Crippen LogP contribution is 2.05. The van der Waals surface area contributed by atoms with E-state index in [1.807, 2.05) is 24.3 Å². The summed E-state index contributed by atoms with van der Waals surface area (Å²) in [5.41, 5.74) is 0. The summed E-state index contributed by atoms with van der Waals surface area (Å²) < 4.78 is 5.20. The Balaban J connectivity index is 2.38. The molecule has 2 rings (SSSR count). The van der Waals surface area contributed by atoms with E-state index in [2.05, 4.69) is 4.99 Å². The van der Waals surface area contributed by atoms with Gasteiger partial charge in [-0.05, 0) is 12.1 Å². The van der Waals surface area contributed by atoms with E-state index in [-0.39, 0.29) is 6.42 Å².